The van der Waals surface area contributed by atoms with Gasteiger partial charge in [0.2, 0.25) is 5.91 Å². The predicted molar refractivity (Wildman–Crippen MR) is 63.0 cm³/mol. The van der Waals surface area contributed by atoms with E-state index >= 15 is 0 Å². The highest BCUT2D eigenvalue weighted by atomic mass is 16.3. The molecule has 0 bridgehead atoms. The van der Waals surface area contributed by atoms with Crippen LogP contribution in [0.25, 0.3) is 0 Å². The monoisotopic (exact) mass is 224 g/mol. The number of nitrogens with two attached hydrogens (primary N) is 1. The summed E-state index contributed by atoms with van der Waals surface area (Å²) in [6, 6.07) is 1.91. The highest BCUT2D eigenvalue weighted by Gasteiger charge is 2.17. The van der Waals surface area contributed by atoms with Crippen LogP contribution < -0.4 is 11.1 Å². The molecule has 90 valence electrons. The molecule has 4 nitrogen and oxygen atoms in total. The standard InChI is InChI=1S/C12H20N2O2/c1-7(6-13)12(15)14-9(3)11-5-8(2)16-10(11)4/h5,7,9H,6,13H2,1-4H3,(H,14,15). The van der Waals surface area contributed by atoms with Gasteiger partial charge in [-0.25, -0.2) is 0 Å². The van der Waals surface area contributed by atoms with Crippen LogP contribution in [0, 0.1) is 19.8 Å². The lowest BCUT2D eigenvalue weighted by Gasteiger charge is -2.16. The first kappa shape index (κ1) is 12.8. The van der Waals surface area contributed by atoms with Gasteiger partial charge in [0, 0.05) is 18.0 Å². The molecule has 4 heteroatoms. The molecule has 1 rings (SSSR count). The summed E-state index contributed by atoms with van der Waals surface area (Å²) in [5, 5.41) is 2.92. The fraction of sp³-hybridized carbons (Fsp3) is 0.583. The van der Waals surface area contributed by atoms with E-state index in [4.69, 9.17) is 10.2 Å². The third kappa shape index (κ3) is 2.85. The Morgan fingerprint density at radius 1 is 1.50 bits per heavy atom. The molecule has 1 aromatic heterocycles. The van der Waals surface area contributed by atoms with Crippen LogP contribution in [0.3, 0.4) is 0 Å². The van der Waals surface area contributed by atoms with E-state index in [-0.39, 0.29) is 17.9 Å². The van der Waals surface area contributed by atoms with E-state index in [9.17, 15) is 4.79 Å². The zero-order chi connectivity index (χ0) is 12.3. The number of hydrogen-bond acceptors (Lipinski definition) is 3. The highest BCUT2D eigenvalue weighted by molar-refractivity contribution is 5.78. The summed E-state index contributed by atoms with van der Waals surface area (Å²) in [4.78, 5) is 11.7. The summed E-state index contributed by atoms with van der Waals surface area (Å²) in [7, 11) is 0. The molecule has 0 saturated heterocycles. The van der Waals surface area contributed by atoms with Crippen LogP contribution in [0.5, 0.6) is 0 Å². The molecule has 0 saturated carbocycles. The minimum absolute atomic E-state index is 0.0201. The van der Waals surface area contributed by atoms with Gasteiger partial charge in [-0.1, -0.05) is 6.92 Å². The number of nitrogens with one attached hydrogen (secondary N) is 1. The largest absolute Gasteiger partial charge is 0.466 e. The van der Waals surface area contributed by atoms with Crippen molar-refractivity contribution in [1.82, 2.24) is 5.32 Å². The van der Waals surface area contributed by atoms with Gasteiger partial charge in [0.25, 0.3) is 0 Å². The van der Waals surface area contributed by atoms with Crippen LogP contribution in [0.15, 0.2) is 10.5 Å². The molecule has 0 fully saturated rings. The van der Waals surface area contributed by atoms with Crippen LogP contribution in [0.1, 0.15) is 37.0 Å². The third-order valence-electron chi connectivity index (χ3n) is 2.71. The predicted octanol–water partition coefficient (Wildman–Crippen LogP) is 1.67. The fourth-order valence-corrected chi connectivity index (χ4v) is 1.62. The first-order valence-electron chi connectivity index (χ1n) is 5.53. The van der Waals surface area contributed by atoms with Gasteiger partial charge in [-0.15, -0.1) is 0 Å². The smallest absolute Gasteiger partial charge is 0.224 e. The maximum Gasteiger partial charge on any atom is 0.224 e. The Bertz CT molecular complexity index is 371. The van der Waals surface area contributed by atoms with Crippen molar-refractivity contribution in [2.75, 3.05) is 6.54 Å². The summed E-state index contributed by atoms with van der Waals surface area (Å²) >= 11 is 0. The van der Waals surface area contributed by atoms with Crippen molar-refractivity contribution in [3.8, 4) is 0 Å². The van der Waals surface area contributed by atoms with E-state index in [2.05, 4.69) is 5.32 Å². The Morgan fingerprint density at radius 2 is 2.12 bits per heavy atom. The van der Waals surface area contributed by atoms with Gasteiger partial charge in [0.05, 0.1) is 6.04 Å². The summed E-state index contributed by atoms with van der Waals surface area (Å²) in [6.07, 6.45) is 0. The number of amides is 1. The maximum atomic E-state index is 11.7. The first-order valence-corrected chi connectivity index (χ1v) is 5.53. The Balaban J connectivity index is 2.69. The van der Waals surface area contributed by atoms with Crippen LogP contribution in [-0.2, 0) is 4.79 Å². The highest BCUT2D eigenvalue weighted by Crippen LogP contribution is 2.21. The molecule has 0 radical (unpaired) electrons. The number of hydrogen-bond donors (Lipinski definition) is 2. The fourth-order valence-electron chi connectivity index (χ4n) is 1.62. The minimum atomic E-state index is -0.157. The molecular formula is C12H20N2O2. The summed E-state index contributed by atoms with van der Waals surface area (Å²) in [5.74, 6) is 1.54. The lowest BCUT2D eigenvalue weighted by atomic mass is 10.1. The molecule has 16 heavy (non-hydrogen) atoms. The van der Waals surface area contributed by atoms with E-state index in [1.807, 2.05) is 33.8 Å². The van der Waals surface area contributed by atoms with E-state index < -0.39 is 0 Å². The van der Waals surface area contributed by atoms with Crippen molar-refractivity contribution in [1.29, 1.82) is 0 Å². The lowest BCUT2D eigenvalue weighted by Crippen LogP contribution is -2.34. The zero-order valence-electron chi connectivity index (χ0n) is 10.3. The van der Waals surface area contributed by atoms with Crippen LogP contribution in [-0.4, -0.2) is 12.5 Å². The molecular weight excluding hydrogens is 204 g/mol. The molecule has 0 aliphatic heterocycles. The van der Waals surface area contributed by atoms with Gasteiger partial charge in [-0.05, 0) is 26.8 Å². The second kappa shape index (κ2) is 5.16. The van der Waals surface area contributed by atoms with Gasteiger partial charge >= 0.3 is 0 Å². The molecule has 1 aromatic rings. The minimum Gasteiger partial charge on any atom is -0.466 e. The molecule has 3 N–H and O–H groups in total. The van der Waals surface area contributed by atoms with Gasteiger partial charge in [-0.2, -0.15) is 0 Å². The van der Waals surface area contributed by atoms with Crippen molar-refractivity contribution < 1.29 is 9.21 Å². The Labute approximate surface area is 96.2 Å². The number of carbonyl (C=O) groups excluding carboxylic acids is 1. The van der Waals surface area contributed by atoms with E-state index in [0.29, 0.717) is 6.54 Å². The van der Waals surface area contributed by atoms with Crippen LogP contribution in [0.4, 0.5) is 0 Å². The van der Waals surface area contributed by atoms with Crippen molar-refractivity contribution >= 4 is 5.91 Å². The number of aryl methyl sites for hydroxylation is 2. The van der Waals surface area contributed by atoms with Gasteiger partial charge in [-0.3, -0.25) is 4.79 Å². The van der Waals surface area contributed by atoms with Gasteiger partial charge in [0.15, 0.2) is 0 Å². The molecule has 0 spiro atoms. The Kier molecular flexibility index (Phi) is 4.12. The van der Waals surface area contributed by atoms with Crippen molar-refractivity contribution in [3.05, 3.63) is 23.2 Å². The van der Waals surface area contributed by atoms with E-state index in [0.717, 1.165) is 17.1 Å². The number of rotatable bonds is 4. The normalized spacial score (nSPS) is 14.6. The molecule has 0 aromatic carbocycles. The average Bonchev–Trinajstić information content (AvgIpc) is 2.56. The molecule has 0 aliphatic carbocycles. The van der Waals surface area contributed by atoms with Crippen LogP contribution >= 0.6 is 0 Å². The lowest BCUT2D eigenvalue weighted by molar-refractivity contribution is -0.124. The zero-order valence-corrected chi connectivity index (χ0v) is 10.3. The SMILES string of the molecule is Cc1cc(C(C)NC(=O)C(C)CN)c(C)o1. The average molecular weight is 224 g/mol. The van der Waals surface area contributed by atoms with Gasteiger partial charge in [0.1, 0.15) is 11.5 Å². The number of carbonyl (C=O) groups is 1. The third-order valence-corrected chi connectivity index (χ3v) is 2.71. The summed E-state index contributed by atoms with van der Waals surface area (Å²) in [5.41, 5.74) is 6.47. The molecule has 2 unspecified atom stereocenters. The Hall–Kier alpha value is -1.29. The van der Waals surface area contributed by atoms with Crippen molar-refractivity contribution in [3.63, 3.8) is 0 Å². The van der Waals surface area contributed by atoms with E-state index in [1.165, 1.54) is 0 Å². The van der Waals surface area contributed by atoms with Crippen molar-refractivity contribution in [2.24, 2.45) is 11.7 Å². The topological polar surface area (TPSA) is 68.3 Å². The molecule has 0 aliphatic rings. The van der Waals surface area contributed by atoms with Crippen LogP contribution in [0.2, 0.25) is 0 Å². The second-order valence-electron chi connectivity index (χ2n) is 4.24. The van der Waals surface area contributed by atoms with Gasteiger partial charge < -0.3 is 15.5 Å². The molecule has 2 atom stereocenters. The van der Waals surface area contributed by atoms with Crippen molar-refractivity contribution in [2.45, 2.75) is 33.7 Å². The second-order valence-corrected chi connectivity index (χ2v) is 4.24. The maximum absolute atomic E-state index is 11.7. The van der Waals surface area contributed by atoms with E-state index in [1.54, 1.807) is 0 Å². The quantitative estimate of drug-likeness (QED) is 0.817. The summed E-state index contributed by atoms with van der Waals surface area (Å²) < 4.78 is 5.43. The summed E-state index contributed by atoms with van der Waals surface area (Å²) in [6.45, 7) is 7.92. The number of furan rings is 1. The molecule has 1 heterocycles. The first-order chi connectivity index (χ1) is 7.45. The Morgan fingerprint density at radius 3 is 2.56 bits per heavy atom. The molecule has 1 amide bonds.